The molecule has 0 aromatic carbocycles. The highest BCUT2D eigenvalue weighted by Crippen LogP contribution is 2.29. The largest absolute Gasteiger partial charge is 0.394 e. The monoisotopic (exact) mass is 468 g/mol. The molecule has 12 heteroatoms. The zero-order valence-electron chi connectivity index (χ0n) is 12.3. The molecule has 10 atom stereocenters. The highest BCUT2D eigenvalue weighted by Gasteiger charge is 2.50. The van der Waals surface area contributed by atoms with E-state index in [1.165, 1.54) is 23.0 Å². The van der Waals surface area contributed by atoms with E-state index in [1.54, 1.807) is 0 Å². The normalized spacial score (nSPS) is 50.0. The van der Waals surface area contributed by atoms with E-state index in [4.69, 9.17) is 22.4 Å². The molecule has 2 fully saturated rings. The van der Waals surface area contributed by atoms with Gasteiger partial charge in [-0.1, -0.05) is 0 Å². The van der Waals surface area contributed by atoms with E-state index in [1.807, 2.05) is 0 Å². The number of rotatable bonds is 5. The predicted octanol–water partition coefficient (Wildman–Crippen LogP) is -4.02. The Morgan fingerprint density at radius 2 is 1.25 bits per heavy atom. The summed E-state index contributed by atoms with van der Waals surface area (Å²) in [6, 6.07) is 0. The molecule has 2 aliphatic rings. The highest BCUT2D eigenvalue weighted by molar-refractivity contribution is 14.1. The summed E-state index contributed by atoms with van der Waals surface area (Å²) in [5, 5.41) is 68.1. The maximum Gasteiger partial charge on any atom is 0.197 e. The second-order valence-corrected chi connectivity index (χ2v) is 6.10. The summed E-state index contributed by atoms with van der Waals surface area (Å²) in [7, 11) is 0. The van der Waals surface area contributed by atoms with Gasteiger partial charge < -0.3 is 50.0 Å². The van der Waals surface area contributed by atoms with Crippen molar-refractivity contribution in [1.29, 1.82) is 0 Å². The van der Waals surface area contributed by atoms with Crippen LogP contribution in [-0.4, -0.2) is 110 Å². The first-order chi connectivity index (χ1) is 11.3. The van der Waals surface area contributed by atoms with Gasteiger partial charge in [0.2, 0.25) is 0 Å². The summed E-state index contributed by atoms with van der Waals surface area (Å²) in [5.41, 5.74) is 0. The number of aliphatic hydroxyl groups excluding tert-OH is 7. The molecule has 0 radical (unpaired) electrons. The lowest BCUT2D eigenvalue weighted by Gasteiger charge is -2.45. The number of hydrogen-bond donors (Lipinski definition) is 7. The summed E-state index contributed by atoms with van der Waals surface area (Å²) in [4.78, 5) is 0. The van der Waals surface area contributed by atoms with E-state index in [2.05, 4.69) is 0 Å². The molecule has 0 aromatic rings. The number of hydrogen-bond acceptors (Lipinski definition) is 11. The fourth-order valence-corrected chi connectivity index (χ4v) is 3.04. The fourth-order valence-electron chi connectivity index (χ4n) is 2.62. The molecule has 0 aliphatic carbocycles. The van der Waals surface area contributed by atoms with Crippen molar-refractivity contribution in [2.45, 2.75) is 61.4 Å². The van der Waals surface area contributed by atoms with Crippen LogP contribution in [0.1, 0.15) is 0 Å². The topological polar surface area (TPSA) is 179 Å². The summed E-state index contributed by atoms with van der Waals surface area (Å²) < 4.78 is 20.5. The second kappa shape index (κ2) is 8.79. The third kappa shape index (κ3) is 3.99. The van der Waals surface area contributed by atoms with Crippen molar-refractivity contribution >= 4 is 23.0 Å². The van der Waals surface area contributed by atoms with Crippen LogP contribution in [0.15, 0.2) is 0 Å². The van der Waals surface area contributed by atoms with Gasteiger partial charge in [-0.05, 0) is 0 Å². The Morgan fingerprint density at radius 3 is 1.79 bits per heavy atom. The summed E-state index contributed by atoms with van der Waals surface area (Å²) in [6.07, 6.45) is -14.4. The maximum atomic E-state index is 10.2. The average Bonchev–Trinajstić information content (AvgIpc) is 2.58. The van der Waals surface area contributed by atoms with Crippen LogP contribution in [0.4, 0.5) is 0 Å². The van der Waals surface area contributed by atoms with Crippen molar-refractivity contribution in [3.05, 3.63) is 0 Å². The molecule has 0 spiro atoms. The first kappa shape index (κ1) is 20.6. The van der Waals surface area contributed by atoms with Gasteiger partial charge in [0.25, 0.3) is 0 Å². The molecule has 7 N–H and O–H groups in total. The average molecular weight is 468 g/mol. The summed E-state index contributed by atoms with van der Waals surface area (Å²) in [6.45, 7) is -1.23. The van der Waals surface area contributed by atoms with Gasteiger partial charge in [-0.15, -0.1) is 0 Å². The molecule has 0 bridgehead atoms. The molecule has 0 saturated carbocycles. The van der Waals surface area contributed by atoms with Gasteiger partial charge in [0.15, 0.2) is 12.6 Å². The van der Waals surface area contributed by atoms with Crippen LogP contribution in [0, 0.1) is 0 Å². The van der Waals surface area contributed by atoms with Crippen LogP contribution in [0.25, 0.3) is 0 Å². The van der Waals surface area contributed by atoms with Gasteiger partial charge in [-0.25, -0.2) is 0 Å². The van der Waals surface area contributed by atoms with Gasteiger partial charge in [0.05, 0.1) is 13.2 Å². The molecular weight excluding hydrogens is 447 g/mol. The molecule has 2 rings (SSSR count). The molecule has 0 aromatic heterocycles. The third-order valence-corrected chi connectivity index (χ3v) is 4.55. The number of ether oxygens (including phenoxy) is 3. The van der Waals surface area contributed by atoms with Crippen molar-refractivity contribution in [2.75, 3.05) is 13.2 Å². The van der Waals surface area contributed by atoms with E-state index in [0.717, 1.165) is 0 Å². The Balaban J connectivity index is 2.14. The van der Waals surface area contributed by atoms with Gasteiger partial charge in [-0.3, -0.25) is 3.07 Å². The maximum absolute atomic E-state index is 10.2. The Kier molecular flexibility index (Phi) is 7.54. The van der Waals surface area contributed by atoms with Gasteiger partial charge in [0, 0.05) is 0 Å². The molecular formula is C12H21IO11. The minimum absolute atomic E-state index is 0.584. The quantitative estimate of drug-likeness (QED) is 0.196. The van der Waals surface area contributed by atoms with E-state index < -0.39 is 74.6 Å². The lowest BCUT2D eigenvalue weighted by molar-refractivity contribution is -0.350. The molecule has 11 nitrogen and oxygen atoms in total. The molecule has 142 valence electrons. The third-order valence-electron chi connectivity index (χ3n) is 4.05. The second-order valence-electron chi connectivity index (χ2n) is 5.59. The first-order valence-electron chi connectivity index (χ1n) is 7.21. The van der Waals surface area contributed by atoms with E-state index in [-0.39, 0.29) is 0 Å². The van der Waals surface area contributed by atoms with Crippen molar-refractivity contribution in [1.82, 2.24) is 0 Å². The SMILES string of the molecule is OCC1OC(OC2C(O)C(CO)OC(OI)C2O)C(O)C(O)C1O. The lowest BCUT2D eigenvalue weighted by atomic mass is 9.97. The number of aliphatic hydroxyl groups is 7. The number of halogens is 1. The molecule has 2 heterocycles. The Labute approximate surface area is 151 Å². The van der Waals surface area contributed by atoms with Crippen LogP contribution in [0.3, 0.4) is 0 Å². The van der Waals surface area contributed by atoms with Gasteiger partial charge in [-0.2, -0.15) is 0 Å². The van der Waals surface area contributed by atoms with Crippen LogP contribution in [0.2, 0.25) is 0 Å². The summed E-state index contributed by atoms with van der Waals surface area (Å²) >= 11 is 1.46. The van der Waals surface area contributed by atoms with Gasteiger partial charge in [0.1, 0.15) is 71.8 Å². The van der Waals surface area contributed by atoms with Crippen LogP contribution in [0.5, 0.6) is 0 Å². The molecule has 2 aliphatic heterocycles. The zero-order valence-corrected chi connectivity index (χ0v) is 14.5. The van der Waals surface area contributed by atoms with Crippen molar-refractivity contribution in [3.63, 3.8) is 0 Å². The Bertz CT molecular complexity index is 383. The van der Waals surface area contributed by atoms with E-state index in [9.17, 15) is 30.6 Å². The highest BCUT2D eigenvalue weighted by atomic mass is 127. The lowest BCUT2D eigenvalue weighted by Crippen LogP contribution is -2.64. The van der Waals surface area contributed by atoms with E-state index >= 15 is 0 Å². The Morgan fingerprint density at radius 1 is 0.708 bits per heavy atom. The standard InChI is InChI=1S/C12H21IO11/c13-24-12-9(20)10(6(17)4(2-15)22-12)23-11-8(19)7(18)5(16)3(1-14)21-11/h3-12,14-20H,1-2H2. The smallest absolute Gasteiger partial charge is 0.197 e. The van der Waals surface area contributed by atoms with Crippen LogP contribution >= 0.6 is 23.0 Å². The first-order valence-corrected chi connectivity index (χ1v) is 8.09. The summed E-state index contributed by atoms with van der Waals surface area (Å²) in [5.74, 6) is 0. The molecule has 0 amide bonds. The van der Waals surface area contributed by atoms with Crippen LogP contribution < -0.4 is 0 Å². The Hall–Kier alpha value is 0.290. The van der Waals surface area contributed by atoms with E-state index in [0.29, 0.717) is 0 Å². The fraction of sp³-hybridized carbons (Fsp3) is 1.00. The molecule has 10 unspecified atom stereocenters. The van der Waals surface area contributed by atoms with Gasteiger partial charge >= 0.3 is 0 Å². The molecule has 2 saturated heterocycles. The van der Waals surface area contributed by atoms with Crippen molar-refractivity contribution in [2.24, 2.45) is 0 Å². The predicted molar refractivity (Wildman–Crippen MR) is 81.5 cm³/mol. The zero-order chi connectivity index (χ0) is 18.0. The molecule has 24 heavy (non-hydrogen) atoms. The van der Waals surface area contributed by atoms with Crippen molar-refractivity contribution in [3.8, 4) is 0 Å². The van der Waals surface area contributed by atoms with Crippen LogP contribution in [-0.2, 0) is 17.3 Å². The minimum Gasteiger partial charge on any atom is -0.394 e. The van der Waals surface area contributed by atoms with Crippen molar-refractivity contribution < 1.29 is 53.0 Å². The minimum atomic E-state index is -1.70.